The van der Waals surface area contributed by atoms with Crippen molar-refractivity contribution in [1.29, 1.82) is 0 Å². The third-order valence-electron chi connectivity index (χ3n) is 3.99. The number of hydrogen-bond donors (Lipinski definition) is 2. The van der Waals surface area contributed by atoms with Crippen LogP contribution in [0.15, 0.2) is 30.3 Å². The summed E-state index contributed by atoms with van der Waals surface area (Å²) >= 11 is 0. The molecule has 0 saturated carbocycles. The molecule has 1 saturated heterocycles. The molecule has 23 heavy (non-hydrogen) atoms. The van der Waals surface area contributed by atoms with Crippen molar-refractivity contribution in [3.8, 4) is 0 Å². The van der Waals surface area contributed by atoms with Crippen molar-refractivity contribution in [1.82, 2.24) is 10.2 Å². The zero-order chi connectivity index (χ0) is 16.7. The Morgan fingerprint density at radius 3 is 2.78 bits per heavy atom. The fourth-order valence-corrected chi connectivity index (χ4v) is 2.63. The summed E-state index contributed by atoms with van der Waals surface area (Å²) in [6, 6.07) is 9.01. The minimum Gasteiger partial charge on any atom is -0.445 e. The minimum absolute atomic E-state index is 0.0327. The second kappa shape index (κ2) is 8.53. The van der Waals surface area contributed by atoms with E-state index in [-0.39, 0.29) is 24.6 Å². The van der Waals surface area contributed by atoms with Gasteiger partial charge in [-0.05, 0) is 31.7 Å². The van der Waals surface area contributed by atoms with Gasteiger partial charge in [0.2, 0.25) is 5.91 Å². The fourth-order valence-electron chi connectivity index (χ4n) is 2.63. The predicted molar refractivity (Wildman–Crippen MR) is 87.6 cm³/mol. The molecule has 1 aliphatic rings. The summed E-state index contributed by atoms with van der Waals surface area (Å²) in [5.74, 6) is -0.201. The van der Waals surface area contributed by atoms with Crippen molar-refractivity contribution in [3.63, 3.8) is 0 Å². The number of nitrogens with zero attached hydrogens (tertiary/aromatic N) is 1. The lowest BCUT2D eigenvalue weighted by atomic mass is 10.0. The van der Waals surface area contributed by atoms with E-state index in [0.29, 0.717) is 13.1 Å². The molecule has 2 atom stereocenters. The van der Waals surface area contributed by atoms with Gasteiger partial charge in [-0.2, -0.15) is 0 Å². The summed E-state index contributed by atoms with van der Waals surface area (Å²) in [4.78, 5) is 25.6. The third kappa shape index (κ3) is 5.25. The Morgan fingerprint density at radius 2 is 2.09 bits per heavy atom. The molecule has 3 N–H and O–H groups in total. The van der Waals surface area contributed by atoms with Crippen LogP contribution in [-0.4, -0.2) is 42.1 Å². The molecule has 1 unspecified atom stereocenters. The molecule has 1 aromatic carbocycles. The van der Waals surface area contributed by atoms with Gasteiger partial charge < -0.3 is 20.7 Å². The van der Waals surface area contributed by atoms with Gasteiger partial charge in [0.05, 0.1) is 12.1 Å². The first-order valence-corrected chi connectivity index (χ1v) is 8.08. The highest BCUT2D eigenvalue weighted by Gasteiger charge is 2.28. The smallest absolute Gasteiger partial charge is 0.410 e. The Kier molecular flexibility index (Phi) is 6.40. The second-order valence-electron chi connectivity index (χ2n) is 5.92. The first-order chi connectivity index (χ1) is 11.1. The van der Waals surface area contributed by atoms with Crippen LogP contribution in [0.2, 0.25) is 0 Å². The van der Waals surface area contributed by atoms with E-state index in [4.69, 9.17) is 10.5 Å². The SMILES string of the molecule is C[C@H](N)C(=O)NCC1CCCCN1C(=O)OCc1ccccc1. The second-order valence-corrected chi connectivity index (χ2v) is 5.92. The van der Waals surface area contributed by atoms with E-state index < -0.39 is 6.04 Å². The number of benzene rings is 1. The van der Waals surface area contributed by atoms with Gasteiger partial charge in [0, 0.05) is 13.1 Å². The van der Waals surface area contributed by atoms with Crippen molar-refractivity contribution in [2.45, 2.75) is 44.9 Å². The molecule has 6 nitrogen and oxygen atoms in total. The molecule has 1 heterocycles. The molecule has 2 amide bonds. The van der Waals surface area contributed by atoms with Crippen LogP contribution in [0, 0.1) is 0 Å². The van der Waals surface area contributed by atoms with Gasteiger partial charge >= 0.3 is 6.09 Å². The van der Waals surface area contributed by atoms with Crippen LogP contribution < -0.4 is 11.1 Å². The van der Waals surface area contributed by atoms with Gasteiger partial charge in [-0.1, -0.05) is 30.3 Å². The lowest BCUT2D eigenvalue weighted by molar-refractivity contribution is -0.122. The topological polar surface area (TPSA) is 84.7 Å². The fraction of sp³-hybridized carbons (Fsp3) is 0.529. The Morgan fingerprint density at radius 1 is 1.35 bits per heavy atom. The summed E-state index contributed by atoms with van der Waals surface area (Å²) in [6.07, 6.45) is 2.53. The molecule has 1 aromatic rings. The number of piperidine rings is 1. The number of hydrogen-bond acceptors (Lipinski definition) is 4. The van der Waals surface area contributed by atoms with E-state index in [9.17, 15) is 9.59 Å². The van der Waals surface area contributed by atoms with Crippen LogP contribution in [0.1, 0.15) is 31.7 Å². The average molecular weight is 319 g/mol. The minimum atomic E-state index is -0.544. The van der Waals surface area contributed by atoms with Crippen LogP contribution in [-0.2, 0) is 16.1 Å². The van der Waals surface area contributed by atoms with Crippen molar-refractivity contribution < 1.29 is 14.3 Å². The Bertz CT molecular complexity index is 519. The molecule has 126 valence electrons. The van der Waals surface area contributed by atoms with E-state index in [1.54, 1.807) is 11.8 Å². The van der Waals surface area contributed by atoms with Crippen LogP contribution >= 0.6 is 0 Å². The zero-order valence-corrected chi connectivity index (χ0v) is 13.5. The Labute approximate surface area is 137 Å². The number of carbonyl (C=O) groups excluding carboxylic acids is 2. The Hall–Kier alpha value is -2.08. The van der Waals surface area contributed by atoms with Gasteiger partial charge in [-0.3, -0.25) is 4.79 Å². The highest BCUT2D eigenvalue weighted by Crippen LogP contribution is 2.18. The predicted octanol–water partition coefficient (Wildman–Crippen LogP) is 1.64. The number of carbonyl (C=O) groups is 2. The summed E-state index contributed by atoms with van der Waals surface area (Å²) in [5, 5.41) is 2.80. The Balaban J connectivity index is 1.86. The number of rotatable bonds is 5. The largest absolute Gasteiger partial charge is 0.445 e. The van der Waals surface area contributed by atoms with Gasteiger partial charge in [-0.25, -0.2) is 4.79 Å². The van der Waals surface area contributed by atoms with E-state index in [1.807, 2.05) is 30.3 Å². The van der Waals surface area contributed by atoms with E-state index in [0.717, 1.165) is 24.8 Å². The van der Waals surface area contributed by atoms with Crippen LogP contribution in [0.4, 0.5) is 4.79 Å². The molecule has 0 bridgehead atoms. The quantitative estimate of drug-likeness (QED) is 0.864. The lowest BCUT2D eigenvalue weighted by Gasteiger charge is -2.35. The third-order valence-corrected chi connectivity index (χ3v) is 3.99. The number of likely N-dealkylation sites (tertiary alicyclic amines) is 1. The van der Waals surface area contributed by atoms with Crippen LogP contribution in [0.25, 0.3) is 0 Å². The molecular weight excluding hydrogens is 294 g/mol. The van der Waals surface area contributed by atoms with E-state index in [1.165, 1.54) is 0 Å². The summed E-state index contributed by atoms with van der Waals surface area (Å²) in [5.41, 5.74) is 6.50. The molecule has 1 fully saturated rings. The lowest BCUT2D eigenvalue weighted by Crippen LogP contribution is -2.51. The normalized spacial score (nSPS) is 19.0. The molecular formula is C17H25N3O3. The first-order valence-electron chi connectivity index (χ1n) is 8.08. The standard InChI is InChI=1S/C17H25N3O3/c1-13(18)16(21)19-11-15-9-5-6-10-20(15)17(22)23-12-14-7-3-2-4-8-14/h2-4,7-8,13,15H,5-6,9-12,18H2,1H3,(H,19,21)/t13-,15?/m0/s1. The zero-order valence-electron chi connectivity index (χ0n) is 13.5. The van der Waals surface area contributed by atoms with E-state index >= 15 is 0 Å². The molecule has 0 aromatic heterocycles. The van der Waals surface area contributed by atoms with Crippen molar-refractivity contribution >= 4 is 12.0 Å². The van der Waals surface area contributed by atoms with Crippen molar-refractivity contribution in [3.05, 3.63) is 35.9 Å². The maximum Gasteiger partial charge on any atom is 0.410 e. The molecule has 2 rings (SSSR count). The van der Waals surface area contributed by atoms with Crippen molar-refractivity contribution in [2.75, 3.05) is 13.1 Å². The van der Waals surface area contributed by atoms with Gasteiger partial charge in [0.15, 0.2) is 0 Å². The van der Waals surface area contributed by atoms with Crippen molar-refractivity contribution in [2.24, 2.45) is 5.73 Å². The number of nitrogens with two attached hydrogens (primary N) is 1. The van der Waals surface area contributed by atoms with Gasteiger partial charge in [0.25, 0.3) is 0 Å². The monoisotopic (exact) mass is 319 g/mol. The first kappa shape index (κ1) is 17.3. The summed E-state index contributed by atoms with van der Waals surface area (Å²) < 4.78 is 5.40. The maximum atomic E-state index is 12.3. The highest BCUT2D eigenvalue weighted by atomic mass is 16.6. The maximum absolute atomic E-state index is 12.3. The van der Waals surface area contributed by atoms with Crippen LogP contribution in [0.3, 0.4) is 0 Å². The molecule has 0 aliphatic carbocycles. The molecule has 1 aliphatic heterocycles. The molecule has 0 radical (unpaired) electrons. The van der Waals surface area contributed by atoms with Gasteiger partial charge in [0.1, 0.15) is 6.61 Å². The summed E-state index contributed by atoms with van der Waals surface area (Å²) in [6.45, 7) is 2.98. The molecule has 0 spiro atoms. The summed E-state index contributed by atoms with van der Waals surface area (Å²) in [7, 11) is 0. The number of nitrogens with one attached hydrogen (secondary N) is 1. The highest BCUT2D eigenvalue weighted by molar-refractivity contribution is 5.81. The van der Waals surface area contributed by atoms with Crippen LogP contribution in [0.5, 0.6) is 0 Å². The van der Waals surface area contributed by atoms with Gasteiger partial charge in [-0.15, -0.1) is 0 Å². The average Bonchev–Trinajstić information content (AvgIpc) is 2.58. The molecule has 6 heteroatoms. The number of amides is 2. The van der Waals surface area contributed by atoms with E-state index in [2.05, 4.69) is 5.32 Å². The number of ether oxygens (including phenoxy) is 1.